The van der Waals surface area contributed by atoms with Crippen molar-refractivity contribution >= 4 is 11.8 Å². The Bertz CT molecular complexity index is 1410. The number of aromatic nitrogens is 1. The molecule has 1 aliphatic rings. The molecule has 2 aromatic heterocycles. The van der Waals surface area contributed by atoms with E-state index in [0.29, 0.717) is 49.1 Å². The quantitative estimate of drug-likeness (QED) is 0.386. The van der Waals surface area contributed by atoms with Gasteiger partial charge in [-0.25, -0.2) is 4.39 Å². The molecule has 5 rings (SSSR count). The van der Waals surface area contributed by atoms with E-state index in [4.69, 9.17) is 13.6 Å². The van der Waals surface area contributed by atoms with Crippen molar-refractivity contribution in [3.63, 3.8) is 0 Å². The minimum Gasteiger partial charge on any atom is -0.485 e. The number of carbonyl (C=O) groups excluding carboxylic acids is 1. The van der Waals surface area contributed by atoms with Crippen molar-refractivity contribution in [2.24, 2.45) is 0 Å². The van der Waals surface area contributed by atoms with Crippen LogP contribution in [-0.2, 0) is 6.61 Å². The van der Waals surface area contributed by atoms with Crippen LogP contribution in [0.5, 0.6) is 5.75 Å². The molecule has 9 heteroatoms. The highest BCUT2D eigenvalue weighted by Crippen LogP contribution is 2.30. The van der Waals surface area contributed by atoms with E-state index >= 15 is 0 Å². The Hall–Kier alpha value is -4.58. The number of amides is 1. The first kappa shape index (κ1) is 23.2. The molecule has 0 saturated carbocycles. The van der Waals surface area contributed by atoms with Crippen molar-refractivity contribution in [1.82, 2.24) is 9.88 Å². The van der Waals surface area contributed by atoms with Gasteiger partial charge < -0.3 is 23.4 Å². The number of halogens is 1. The summed E-state index contributed by atoms with van der Waals surface area (Å²) in [5.74, 6) is 1.76. The van der Waals surface area contributed by atoms with E-state index in [0.717, 1.165) is 11.3 Å². The van der Waals surface area contributed by atoms with Crippen molar-refractivity contribution in [3.05, 3.63) is 89.1 Å². The van der Waals surface area contributed by atoms with E-state index in [1.54, 1.807) is 17.0 Å². The fourth-order valence-corrected chi connectivity index (χ4v) is 4.03. The lowest BCUT2D eigenvalue weighted by Gasteiger charge is -2.34. The average molecular weight is 487 g/mol. The standard InChI is InChI=1S/C27H23FN4O4/c1-18-4-2-3-5-23(18)34-17-21-10-11-24(35-21)25-30-22(16-29)27(36-25)32-14-12-31(13-15-32)26(33)19-6-8-20(28)9-7-19/h2-11H,12-15,17H2,1H3. The number of para-hydroxylation sites is 1. The lowest BCUT2D eigenvalue weighted by Crippen LogP contribution is -2.48. The molecule has 1 saturated heterocycles. The number of anilines is 1. The van der Waals surface area contributed by atoms with Crippen LogP contribution in [0.1, 0.15) is 27.4 Å². The number of benzene rings is 2. The number of hydrogen-bond acceptors (Lipinski definition) is 7. The van der Waals surface area contributed by atoms with Crippen LogP contribution in [0.25, 0.3) is 11.7 Å². The van der Waals surface area contributed by atoms with Gasteiger partial charge in [0.1, 0.15) is 30.0 Å². The van der Waals surface area contributed by atoms with Gasteiger partial charge in [-0.1, -0.05) is 18.2 Å². The van der Waals surface area contributed by atoms with Crippen molar-refractivity contribution in [2.45, 2.75) is 13.5 Å². The van der Waals surface area contributed by atoms with Gasteiger partial charge in [0.2, 0.25) is 11.6 Å². The summed E-state index contributed by atoms with van der Waals surface area (Å²) in [6.07, 6.45) is 0. The largest absolute Gasteiger partial charge is 0.485 e. The van der Waals surface area contributed by atoms with Crippen LogP contribution in [0, 0.1) is 24.1 Å². The second kappa shape index (κ2) is 9.96. The van der Waals surface area contributed by atoms with Crippen LogP contribution >= 0.6 is 0 Å². The predicted molar refractivity (Wildman–Crippen MR) is 129 cm³/mol. The van der Waals surface area contributed by atoms with Crippen LogP contribution in [0.3, 0.4) is 0 Å². The Morgan fingerprint density at radius 3 is 2.53 bits per heavy atom. The number of hydrogen-bond donors (Lipinski definition) is 0. The summed E-state index contributed by atoms with van der Waals surface area (Å²) in [6.45, 7) is 4.00. The molecular weight excluding hydrogens is 463 g/mol. The van der Waals surface area contributed by atoms with E-state index in [1.807, 2.05) is 36.1 Å². The van der Waals surface area contributed by atoms with Gasteiger partial charge in [0, 0.05) is 31.7 Å². The lowest BCUT2D eigenvalue weighted by molar-refractivity contribution is 0.0745. The summed E-state index contributed by atoms with van der Waals surface area (Å²) < 4.78 is 30.8. The van der Waals surface area contributed by atoms with Gasteiger partial charge >= 0.3 is 0 Å². The Kier molecular flexibility index (Phi) is 6.41. The molecule has 0 aliphatic carbocycles. The number of furan rings is 1. The smallest absolute Gasteiger partial charge is 0.266 e. The normalized spacial score (nSPS) is 13.5. The van der Waals surface area contributed by atoms with E-state index in [-0.39, 0.29) is 29.9 Å². The molecule has 4 aromatic rings. The van der Waals surface area contributed by atoms with Gasteiger partial charge in [-0.15, -0.1) is 0 Å². The second-order valence-electron chi connectivity index (χ2n) is 8.39. The van der Waals surface area contributed by atoms with Gasteiger partial charge in [0.15, 0.2) is 5.76 Å². The maximum absolute atomic E-state index is 13.2. The second-order valence-corrected chi connectivity index (χ2v) is 8.39. The van der Waals surface area contributed by atoms with E-state index in [2.05, 4.69) is 11.1 Å². The molecule has 0 atom stereocenters. The summed E-state index contributed by atoms with van der Waals surface area (Å²) in [5.41, 5.74) is 1.61. The molecule has 0 N–H and O–H groups in total. The van der Waals surface area contributed by atoms with Crippen LogP contribution in [0.2, 0.25) is 0 Å². The number of carbonyl (C=O) groups is 1. The zero-order chi connectivity index (χ0) is 25.1. The number of nitriles is 1. The highest BCUT2D eigenvalue weighted by atomic mass is 19.1. The maximum Gasteiger partial charge on any atom is 0.266 e. The third-order valence-electron chi connectivity index (χ3n) is 6.00. The average Bonchev–Trinajstić information content (AvgIpc) is 3.56. The SMILES string of the molecule is Cc1ccccc1OCc1ccc(-c2nc(C#N)c(N3CCN(C(=O)c4ccc(F)cc4)CC3)o2)o1. The Balaban J connectivity index is 1.24. The Labute approximate surface area is 207 Å². The molecule has 0 radical (unpaired) electrons. The zero-order valence-corrected chi connectivity index (χ0v) is 19.6. The summed E-state index contributed by atoms with van der Waals surface area (Å²) in [7, 11) is 0. The summed E-state index contributed by atoms with van der Waals surface area (Å²) >= 11 is 0. The van der Waals surface area contributed by atoms with Crippen molar-refractivity contribution in [1.29, 1.82) is 5.26 Å². The number of nitrogens with zero attached hydrogens (tertiary/aromatic N) is 4. The Morgan fingerprint density at radius 1 is 1.06 bits per heavy atom. The fourth-order valence-electron chi connectivity index (χ4n) is 4.03. The first-order valence-corrected chi connectivity index (χ1v) is 11.5. The highest BCUT2D eigenvalue weighted by molar-refractivity contribution is 5.94. The van der Waals surface area contributed by atoms with Crippen LogP contribution < -0.4 is 9.64 Å². The van der Waals surface area contributed by atoms with Gasteiger partial charge in [0.05, 0.1) is 0 Å². The first-order chi connectivity index (χ1) is 17.5. The Morgan fingerprint density at radius 2 is 1.81 bits per heavy atom. The molecule has 2 aromatic carbocycles. The number of rotatable bonds is 6. The summed E-state index contributed by atoms with van der Waals surface area (Å²) in [5, 5.41) is 9.62. The number of oxazole rings is 1. The third kappa shape index (κ3) is 4.79. The molecule has 0 unspecified atom stereocenters. The van der Waals surface area contributed by atoms with E-state index < -0.39 is 0 Å². The molecule has 1 amide bonds. The molecule has 1 aliphatic heterocycles. The fraction of sp³-hybridized carbons (Fsp3) is 0.222. The molecule has 1 fully saturated rings. The minimum atomic E-state index is -0.385. The van der Waals surface area contributed by atoms with Crippen molar-refractivity contribution < 1.29 is 22.8 Å². The van der Waals surface area contributed by atoms with Crippen LogP contribution in [0.15, 0.2) is 69.5 Å². The number of piperazine rings is 1. The molecule has 3 heterocycles. The van der Waals surface area contributed by atoms with Gasteiger partial charge in [0.25, 0.3) is 11.8 Å². The molecule has 36 heavy (non-hydrogen) atoms. The molecule has 0 spiro atoms. The molecule has 8 nitrogen and oxygen atoms in total. The monoisotopic (exact) mass is 486 g/mol. The summed E-state index contributed by atoms with van der Waals surface area (Å²) in [4.78, 5) is 20.6. The third-order valence-corrected chi connectivity index (χ3v) is 6.00. The van der Waals surface area contributed by atoms with Crippen LogP contribution in [-0.4, -0.2) is 42.0 Å². The molecule has 182 valence electrons. The van der Waals surface area contributed by atoms with Crippen molar-refractivity contribution in [3.8, 4) is 23.5 Å². The summed E-state index contributed by atoms with van der Waals surface area (Å²) in [6, 6.07) is 18.8. The number of aryl methyl sites for hydroxylation is 1. The van der Waals surface area contributed by atoms with Gasteiger partial charge in [-0.2, -0.15) is 10.2 Å². The van der Waals surface area contributed by atoms with Gasteiger partial charge in [-0.3, -0.25) is 4.79 Å². The number of ether oxygens (including phenoxy) is 1. The molecule has 0 bridgehead atoms. The predicted octanol–water partition coefficient (Wildman–Crippen LogP) is 4.80. The minimum absolute atomic E-state index is 0.150. The lowest BCUT2D eigenvalue weighted by atomic mass is 10.2. The molecular formula is C27H23FN4O4. The zero-order valence-electron chi connectivity index (χ0n) is 19.6. The van der Waals surface area contributed by atoms with E-state index in [9.17, 15) is 14.4 Å². The topological polar surface area (TPSA) is 95.7 Å². The maximum atomic E-state index is 13.2. The first-order valence-electron chi connectivity index (χ1n) is 11.5. The van der Waals surface area contributed by atoms with Crippen LogP contribution in [0.4, 0.5) is 10.3 Å². The van der Waals surface area contributed by atoms with E-state index in [1.165, 1.54) is 24.3 Å². The van der Waals surface area contributed by atoms with Crippen molar-refractivity contribution in [2.75, 3.05) is 31.1 Å². The highest BCUT2D eigenvalue weighted by Gasteiger charge is 2.27. The van der Waals surface area contributed by atoms with Gasteiger partial charge in [-0.05, 0) is 55.0 Å².